The highest BCUT2D eigenvalue weighted by Crippen LogP contribution is 2.25. The molecule has 2 saturated heterocycles. The largest absolute Gasteiger partial charge is 0.462 e. The predicted octanol–water partition coefficient (Wildman–Crippen LogP) is 2.92. The van der Waals surface area contributed by atoms with Crippen LogP contribution in [-0.2, 0) is 14.3 Å². The molecule has 4 nitrogen and oxygen atoms in total. The van der Waals surface area contributed by atoms with E-state index in [1.807, 2.05) is 0 Å². The summed E-state index contributed by atoms with van der Waals surface area (Å²) in [5.41, 5.74) is 0. The van der Waals surface area contributed by atoms with Gasteiger partial charge in [0, 0.05) is 19.3 Å². The maximum absolute atomic E-state index is 11.7. The Kier molecular flexibility index (Phi) is 6.11. The number of hydrogen-bond acceptors (Lipinski definition) is 4. The van der Waals surface area contributed by atoms with Gasteiger partial charge in [0.25, 0.3) is 0 Å². The van der Waals surface area contributed by atoms with E-state index in [0.29, 0.717) is 12.8 Å². The fourth-order valence-corrected chi connectivity index (χ4v) is 3.00. The lowest BCUT2D eigenvalue weighted by molar-refractivity contribution is -0.201. The predicted molar refractivity (Wildman–Crippen MR) is 71.5 cm³/mol. The second kappa shape index (κ2) is 7.85. The molecule has 0 unspecified atom stereocenters. The van der Waals surface area contributed by atoms with E-state index in [1.54, 1.807) is 0 Å². The van der Waals surface area contributed by atoms with Crippen molar-refractivity contribution in [1.29, 1.82) is 0 Å². The Labute approximate surface area is 115 Å². The first kappa shape index (κ1) is 14.8. The molecule has 1 N–H and O–H groups in total. The van der Waals surface area contributed by atoms with Crippen LogP contribution in [-0.4, -0.2) is 29.6 Å². The van der Waals surface area contributed by atoms with Crippen molar-refractivity contribution in [3.8, 4) is 0 Å². The molecule has 19 heavy (non-hydrogen) atoms. The third-order valence-corrected chi connectivity index (χ3v) is 4.04. The van der Waals surface area contributed by atoms with Gasteiger partial charge in [0.05, 0.1) is 6.10 Å². The van der Waals surface area contributed by atoms with Gasteiger partial charge in [0.15, 0.2) is 6.29 Å². The van der Waals surface area contributed by atoms with Crippen molar-refractivity contribution in [2.45, 2.75) is 89.1 Å². The first-order valence-electron chi connectivity index (χ1n) is 7.77. The molecule has 0 amide bonds. The zero-order chi connectivity index (χ0) is 13.5. The van der Waals surface area contributed by atoms with E-state index in [4.69, 9.17) is 9.47 Å². The summed E-state index contributed by atoms with van der Waals surface area (Å²) in [6.07, 6.45) is 9.90. The minimum absolute atomic E-state index is 0.0458. The van der Waals surface area contributed by atoms with Crippen LogP contribution in [0.25, 0.3) is 0 Å². The normalized spacial score (nSPS) is 35.2. The van der Waals surface area contributed by atoms with Gasteiger partial charge in [0.1, 0.15) is 6.10 Å². The molecule has 0 saturated carbocycles. The van der Waals surface area contributed by atoms with Crippen molar-refractivity contribution in [1.82, 2.24) is 0 Å². The van der Waals surface area contributed by atoms with E-state index in [9.17, 15) is 9.90 Å². The van der Waals surface area contributed by atoms with Crippen LogP contribution in [0.15, 0.2) is 0 Å². The molecule has 2 aliphatic heterocycles. The number of aliphatic hydroxyl groups excluding tert-OH is 1. The molecular formula is C15H26O4. The number of carbonyl (C=O) groups excluding carboxylic acids is 1. The third kappa shape index (κ3) is 5.49. The van der Waals surface area contributed by atoms with Crippen LogP contribution in [0.5, 0.6) is 0 Å². The number of carbonyl (C=O) groups is 1. The standard InChI is InChI=1S/C15H26O4/c16-14-9-7-5-3-1-2-4-6-8-12-10-13(19-14)11-15(17)18-12/h12-13,15,17H,1-11H2/t12-,13-,15-/m1/s1. The highest BCUT2D eigenvalue weighted by atomic mass is 16.6. The molecule has 110 valence electrons. The Morgan fingerprint density at radius 3 is 2.37 bits per heavy atom. The van der Waals surface area contributed by atoms with Gasteiger partial charge in [-0.2, -0.15) is 0 Å². The zero-order valence-corrected chi connectivity index (χ0v) is 11.7. The quantitative estimate of drug-likeness (QED) is 0.688. The van der Waals surface area contributed by atoms with Gasteiger partial charge in [-0.15, -0.1) is 0 Å². The second-order valence-electron chi connectivity index (χ2n) is 5.81. The van der Waals surface area contributed by atoms with Crippen molar-refractivity contribution in [3.63, 3.8) is 0 Å². The first-order chi connectivity index (χ1) is 9.24. The SMILES string of the molecule is O=C1CCCCCCCCC[C@@H]2C[C@H](C[C@H](O)O2)O1. The van der Waals surface area contributed by atoms with Crippen molar-refractivity contribution in [3.05, 3.63) is 0 Å². The van der Waals surface area contributed by atoms with Gasteiger partial charge in [-0.25, -0.2) is 0 Å². The lowest BCUT2D eigenvalue weighted by Crippen LogP contribution is -2.38. The summed E-state index contributed by atoms with van der Waals surface area (Å²) in [5, 5.41) is 9.69. The summed E-state index contributed by atoms with van der Waals surface area (Å²) < 4.78 is 11.0. The lowest BCUT2D eigenvalue weighted by atomic mass is 9.98. The van der Waals surface area contributed by atoms with Gasteiger partial charge in [-0.05, 0) is 12.8 Å². The third-order valence-electron chi connectivity index (χ3n) is 4.04. The fraction of sp³-hybridized carbons (Fsp3) is 0.933. The summed E-state index contributed by atoms with van der Waals surface area (Å²) in [4.78, 5) is 11.7. The highest BCUT2D eigenvalue weighted by molar-refractivity contribution is 5.69. The summed E-state index contributed by atoms with van der Waals surface area (Å²) in [7, 11) is 0. The van der Waals surface area contributed by atoms with Crippen molar-refractivity contribution < 1.29 is 19.4 Å². The summed E-state index contributed by atoms with van der Waals surface area (Å²) in [6, 6.07) is 0. The van der Waals surface area contributed by atoms with Gasteiger partial charge >= 0.3 is 5.97 Å². The Hall–Kier alpha value is -0.610. The number of fused-ring (bicyclic) bond motifs is 2. The Balaban J connectivity index is 1.87. The van der Waals surface area contributed by atoms with Crippen LogP contribution >= 0.6 is 0 Å². The molecule has 0 aromatic heterocycles. The Bertz CT molecular complexity index is 279. The van der Waals surface area contributed by atoms with Gasteiger partial charge in [0.2, 0.25) is 0 Å². The van der Waals surface area contributed by atoms with Crippen LogP contribution in [0.4, 0.5) is 0 Å². The van der Waals surface area contributed by atoms with Crippen LogP contribution in [0, 0.1) is 0 Å². The molecule has 0 spiro atoms. The molecule has 2 rings (SSSR count). The van der Waals surface area contributed by atoms with E-state index in [1.165, 1.54) is 25.7 Å². The Morgan fingerprint density at radius 2 is 1.58 bits per heavy atom. The lowest BCUT2D eigenvalue weighted by Gasteiger charge is -2.32. The molecule has 0 aromatic carbocycles. The second-order valence-corrected chi connectivity index (χ2v) is 5.81. The number of esters is 1. The van der Waals surface area contributed by atoms with Crippen LogP contribution < -0.4 is 0 Å². The fourth-order valence-electron chi connectivity index (χ4n) is 3.00. The number of rotatable bonds is 0. The first-order valence-corrected chi connectivity index (χ1v) is 7.77. The molecule has 2 aliphatic rings. The van der Waals surface area contributed by atoms with E-state index < -0.39 is 6.29 Å². The number of aliphatic hydroxyl groups is 1. The average molecular weight is 270 g/mol. The minimum atomic E-state index is -0.774. The maximum Gasteiger partial charge on any atom is 0.306 e. The van der Waals surface area contributed by atoms with E-state index in [-0.39, 0.29) is 18.2 Å². The summed E-state index contributed by atoms with van der Waals surface area (Å²) in [6.45, 7) is 0. The smallest absolute Gasteiger partial charge is 0.306 e. The van der Waals surface area contributed by atoms with E-state index >= 15 is 0 Å². The molecule has 2 bridgehead atoms. The molecule has 0 aliphatic carbocycles. The summed E-state index contributed by atoms with van der Waals surface area (Å²) in [5.74, 6) is -0.116. The van der Waals surface area contributed by atoms with Crippen LogP contribution in [0.2, 0.25) is 0 Å². The zero-order valence-electron chi connectivity index (χ0n) is 11.7. The highest BCUT2D eigenvalue weighted by Gasteiger charge is 2.30. The topological polar surface area (TPSA) is 55.8 Å². The van der Waals surface area contributed by atoms with Crippen molar-refractivity contribution in [2.24, 2.45) is 0 Å². The summed E-state index contributed by atoms with van der Waals surface area (Å²) >= 11 is 0. The van der Waals surface area contributed by atoms with E-state index in [2.05, 4.69) is 0 Å². The Morgan fingerprint density at radius 1 is 0.895 bits per heavy atom. The molecular weight excluding hydrogens is 244 g/mol. The van der Waals surface area contributed by atoms with Gasteiger partial charge < -0.3 is 14.6 Å². The molecule has 2 fully saturated rings. The van der Waals surface area contributed by atoms with Gasteiger partial charge in [-0.3, -0.25) is 4.79 Å². The van der Waals surface area contributed by atoms with Gasteiger partial charge in [-0.1, -0.05) is 38.5 Å². The monoisotopic (exact) mass is 270 g/mol. The molecule has 0 radical (unpaired) electrons. The average Bonchev–Trinajstić information content (AvgIpc) is 2.35. The molecule has 3 atom stereocenters. The molecule has 0 aromatic rings. The molecule has 4 heteroatoms. The van der Waals surface area contributed by atoms with Crippen LogP contribution in [0.3, 0.4) is 0 Å². The van der Waals surface area contributed by atoms with E-state index in [0.717, 1.165) is 32.1 Å². The number of hydrogen-bond donors (Lipinski definition) is 1. The number of ether oxygens (including phenoxy) is 2. The van der Waals surface area contributed by atoms with Crippen molar-refractivity contribution in [2.75, 3.05) is 0 Å². The minimum Gasteiger partial charge on any atom is -0.462 e. The van der Waals surface area contributed by atoms with Crippen molar-refractivity contribution >= 4 is 5.97 Å². The maximum atomic E-state index is 11.7. The molecule has 2 heterocycles. The van der Waals surface area contributed by atoms with Crippen LogP contribution in [0.1, 0.15) is 70.6 Å².